The lowest BCUT2D eigenvalue weighted by Crippen LogP contribution is -2.47. The van der Waals surface area contributed by atoms with Gasteiger partial charge in [0.05, 0.1) is 12.7 Å². The Bertz CT molecular complexity index is 837. The average molecular weight is 355 g/mol. The van der Waals surface area contributed by atoms with Gasteiger partial charge < -0.3 is 14.1 Å². The molecule has 1 unspecified atom stereocenters. The van der Waals surface area contributed by atoms with Gasteiger partial charge in [0.2, 0.25) is 0 Å². The first kappa shape index (κ1) is 17.3. The first-order valence-electron chi connectivity index (χ1n) is 9.64. The van der Waals surface area contributed by atoms with Gasteiger partial charge in [-0.1, -0.05) is 50.3 Å². The van der Waals surface area contributed by atoms with Crippen LogP contribution in [-0.4, -0.2) is 36.6 Å². The Morgan fingerprint density at radius 1 is 1.15 bits per heavy atom. The van der Waals surface area contributed by atoms with Gasteiger partial charge in [-0.2, -0.15) is 0 Å². The van der Waals surface area contributed by atoms with Crippen molar-refractivity contribution in [2.45, 2.75) is 44.6 Å². The number of amides is 1. The number of nitrogens with zero attached hydrogens (tertiary/aromatic N) is 1. The summed E-state index contributed by atoms with van der Waals surface area (Å²) in [5.74, 6) is 0.455. The highest BCUT2D eigenvalue weighted by Crippen LogP contribution is 2.29. The summed E-state index contributed by atoms with van der Waals surface area (Å²) in [5.41, 5.74) is 0.0530. The number of morpholine rings is 1. The summed E-state index contributed by atoms with van der Waals surface area (Å²) in [6, 6.07) is 8.91. The number of carbonyl (C=O) groups is 1. The fraction of sp³-hybridized carbons (Fsp3) is 0.524. The molecular formula is C21H25NO4. The van der Waals surface area contributed by atoms with E-state index in [1.807, 2.05) is 18.2 Å². The van der Waals surface area contributed by atoms with E-state index in [4.69, 9.17) is 9.15 Å². The third kappa shape index (κ3) is 3.68. The third-order valence-electron chi connectivity index (χ3n) is 5.62. The van der Waals surface area contributed by atoms with Crippen LogP contribution in [0.4, 0.5) is 0 Å². The minimum atomic E-state index is -0.566. The maximum absolute atomic E-state index is 12.9. The van der Waals surface area contributed by atoms with Crippen LogP contribution >= 0.6 is 0 Å². The summed E-state index contributed by atoms with van der Waals surface area (Å²) < 4.78 is 11.2. The lowest BCUT2D eigenvalue weighted by molar-refractivity contribution is -0.0338. The second kappa shape index (κ2) is 7.62. The first-order chi connectivity index (χ1) is 12.7. The zero-order valence-corrected chi connectivity index (χ0v) is 15.0. The molecule has 1 aliphatic heterocycles. The average Bonchev–Trinajstić information content (AvgIpc) is 2.68. The quantitative estimate of drug-likeness (QED) is 0.789. The lowest BCUT2D eigenvalue weighted by Gasteiger charge is -2.35. The van der Waals surface area contributed by atoms with Crippen molar-refractivity contribution >= 4 is 16.9 Å². The van der Waals surface area contributed by atoms with E-state index in [1.54, 1.807) is 17.0 Å². The molecule has 2 aliphatic rings. The highest BCUT2D eigenvalue weighted by Gasteiger charge is 2.29. The van der Waals surface area contributed by atoms with E-state index in [-0.39, 0.29) is 17.6 Å². The second-order valence-electron chi connectivity index (χ2n) is 7.47. The Balaban J connectivity index is 1.48. The van der Waals surface area contributed by atoms with Gasteiger partial charge in [-0.15, -0.1) is 0 Å². The maximum Gasteiger partial charge on any atom is 0.349 e. The normalized spacial score (nSPS) is 21.8. The van der Waals surface area contributed by atoms with Crippen molar-refractivity contribution in [1.82, 2.24) is 4.90 Å². The molecule has 2 aromatic rings. The van der Waals surface area contributed by atoms with Crippen LogP contribution in [0.2, 0.25) is 0 Å². The summed E-state index contributed by atoms with van der Waals surface area (Å²) in [4.78, 5) is 26.9. The van der Waals surface area contributed by atoms with E-state index in [0.29, 0.717) is 31.2 Å². The molecule has 0 N–H and O–H groups in total. The van der Waals surface area contributed by atoms with Gasteiger partial charge in [0, 0.05) is 18.5 Å². The van der Waals surface area contributed by atoms with Crippen molar-refractivity contribution in [3.8, 4) is 0 Å². The van der Waals surface area contributed by atoms with Gasteiger partial charge in [-0.3, -0.25) is 4.79 Å². The molecule has 5 heteroatoms. The van der Waals surface area contributed by atoms with Crippen molar-refractivity contribution in [3.63, 3.8) is 0 Å². The Kier molecular flexibility index (Phi) is 5.07. The fourth-order valence-corrected chi connectivity index (χ4v) is 4.22. The smallest absolute Gasteiger partial charge is 0.349 e. The Morgan fingerprint density at radius 3 is 2.81 bits per heavy atom. The van der Waals surface area contributed by atoms with Crippen LogP contribution in [0.5, 0.6) is 0 Å². The monoisotopic (exact) mass is 355 g/mol. The molecule has 1 saturated heterocycles. The summed E-state index contributed by atoms with van der Waals surface area (Å²) >= 11 is 0. The van der Waals surface area contributed by atoms with E-state index < -0.39 is 5.63 Å². The van der Waals surface area contributed by atoms with Crippen LogP contribution in [-0.2, 0) is 4.74 Å². The molecular weight excluding hydrogens is 330 g/mol. The molecule has 1 saturated carbocycles. The molecule has 0 spiro atoms. The van der Waals surface area contributed by atoms with Gasteiger partial charge >= 0.3 is 5.63 Å². The number of para-hydroxylation sites is 1. The molecule has 2 fully saturated rings. The van der Waals surface area contributed by atoms with E-state index in [2.05, 4.69) is 0 Å². The molecule has 1 aliphatic carbocycles. The molecule has 4 rings (SSSR count). The van der Waals surface area contributed by atoms with Gasteiger partial charge in [-0.25, -0.2) is 4.79 Å². The minimum Gasteiger partial charge on any atom is -0.422 e. The predicted octanol–water partition coefficient (Wildman–Crippen LogP) is 3.60. The van der Waals surface area contributed by atoms with Crippen molar-refractivity contribution in [1.29, 1.82) is 0 Å². The molecule has 1 amide bonds. The predicted molar refractivity (Wildman–Crippen MR) is 99.3 cm³/mol. The molecule has 2 heterocycles. The van der Waals surface area contributed by atoms with Crippen LogP contribution in [0.3, 0.4) is 0 Å². The first-order valence-corrected chi connectivity index (χ1v) is 9.64. The maximum atomic E-state index is 12.9. The zero-order valence-electron chi connectivity index (χ0n) is 15.0. The molecule has 0 radical (unpaired) electrons. The van der Waals surface area contributed by atoms with Crippen LogP contribution in [0.15, 0.2) is 39.5 Å². The van der Waals surface area contributed by atoms with E-state index in [1.165, 1.54) is 32.1 Å². The number of fused-ring (bicyclic) bond motifs is 1. The largest absolute Gasteiger partial charge is 0.422 e. The molecule has 1 aromatic heterocycles. The van der Waals surface area contributed by atoms with Crippen molar-refractivity contribution in [2.75, 3.05) is 19.7 Å². The number of hydrogen-bond donors (Lipinski definition) is 0. The number of hydrogen-bond acceptors (Lipinski definition) is 4. The molecule has 5 nitrogen and oxygen atoms in total. The Morgan fingerprint density at radius 2 is 1.96 bits per heavy atom. The molecule has 1 aromatic carbocycles. The third-order valence-corrected chi connectivity index (χ3v) is 5.62. The topological polar surface area (TPSA) is 59.8 Å². The van der Waals surface area contributed by atoms with Crippen LogP contribution < -0.4 is 5.63 Å². The number of carbonyl (C=O) groups excluding carboxylic acids is 1. The molecule has 0 bridgehead atoms. The van der Waals surface area contributed by atoms with Gasteiger partial charge in [-0.05, 0) is 24.5 Å². The highest BCUT2D eigenvalue weighted by molar-refractivity contribution is 5.96. The highest BCUT2D eigenvalue weighted by atomic mass is 16.5. The van der Waals surface area contributed by atoms with Crippen molar-refractivity contribution in [2.24, 2.45) is 5.92 Å². The zero-order chi connectivity index (χ0) is 17.9. The Hall–Kier alpha value is -2.14. The van der Waals surface area contributed by atoms with E-state index in [0.717, 1.165) is 11.8 Å². The van der Waals surface area contributed by atoms with Gasteiger partial charge in [0.15, 0.2) is 0 Å². The fourth-order valence-electron chi connectivity index (χ4n) is 4.22. The summed E-state index contributed by atoms with van der Waals surface area (Å²) in [6.07, 6.45) is 7.56. The van der Waals surface area contributed by atoms with Crippen LogP contribution in [0.25, 0.3) is 11.0 Å². The minimum absolute atomic E-state index is 0.0725. The molecule has 138 valence electrons. The lowest BCUT2D eigenvalue weighted by atomic mass is 9.85. The standard InChI is InChI=1S/C21H25NO4/c23-20(18-13-16-8-4-5-9-19(16)26-21(18)24)22-10-11-25-17(14-22)12-15-6-2-1-3-7-15/h4-5,8-9,13,15,17H,1-3,6-7,10-12,14H2. The van der Waals surface area contributed by atoms with E-state index in [9.17, 15) is 9.59 Å². The molecule has 26 heavy (non-hydrogen) atoms. The molecule has 1 atom stereocenters. The van der Waals surface area contributed by atoms with Gasteiger partial charge in [0.25, 0.3) is 5.91 Å². The van der Waals surface area contributed by atoms with Crippen LogP contribution in [0, 0.1) is 5.92 Å². The van der Waals surface area contributed by atoms with Crippen molar-refractivity contribution in [3.05, 3.63) is 46.3 Å². The number of ether oxygens (including phenoxy) is 1. The van der Waals surface area contributed by atoms with Crippen molar-refractivity contribution < 1.29 is 13.9 Å². The van der Waals surface area contributed by atoms with E-state index >= 15 is 0 Å². The SMILES string of the molecule is O=C(c1cc2ccccc2oc1=O)N1CCOC(CC2CCCCC2)C1. The second-order valence-corrected chi connectivity index (χ2v) is 7.47. The van der Waals surface area contributed by atoms with Crippen LogP contribution in [0.1, 0.15) is 48.9 Å². The summed E-state index contributed by atoms with van der Waals surface area (Å²) in [6.45, 7) is 1.61. The summed E-state index contributed by atoms with van der Waals surface area (Å²) in [7, 11) is 0. The Labute approximate surface area is 152 Å². The summed E-state index contributed by atoms with van der Waals surface area (Å²) in [5, 5.41) is 0.766. The van der Waals surface area contributed by atoms with Gasteiger partial charge in [0.1, 0.15) is 11.1 Å². The number of benzene rings is 1. The number of rotatable bonds is 3.